The Morgan fingerprint density at radius 1 is 1.22 bits per heavy atom. The molecule has 0 spiro atoms. The quantitative estimate of drug-likeness (QED) is 0.794. The van der Waals surface area contributed by atoms with Crippen LogP contribution < -0.4 is 4.72 Å². The summed E-state index contributed by atoms with van der Waals surface area (Å²) in [5.41, 5.74) is 0. The summed E-state index contributed by atoms with van der Waals surface area (Å²) < 4.78 is 27.5. The monoisotopic (exact) mass is 391 g/mol. The summed E-state index contributed by atoms with van der Waals surface area (Å²) in [6, 6.07) is 2.84. The third-order valence-corrected chi connectivity index (χ3v) is 5.89. The second kappa shape index (κ2) is 5.46. The first-order chi connectivity index (χ1) is 8.29. The van der Waals surface area contributed by atoms with E-state index in [0.717, 1.165) is 0 Å². The average molecular weight is 394 g/mol. The highest BCUT2D eigenvalue weighted by molar-refractivity contribution is 9.10. The van der Waals surface area contributed by atoms with Gasteiger partial charge in [-0.1, -0.05) is 39.1 Å². The van der Waals surface area contributed by atoms with E-state index in [1.807, 2.05) is 0 Å². The summed E-state index contributed by atoms with van der Waals surface area (Å²) >= 11 is 20.9. The molecule has 0 unspecified atom stereocenters. The van der Waals surface area contributed by atoms with Crippen LogP contribution in [0.5, 0.6) is 0 Å². The average Bonchev–Trinajstić information content (AvgIpc) is 2.11. The molecular formula is C10H9BrCl3NO2S. The lowest BCUT2D eigenvalue weighted by atomic mass is 9.94. The molecular weight excluding hydrogens is 384 g/mol. The lowest BCUT2D eigenvalue weighted by Gasteiger charge is -2.31. The van der Waals surface area contributed by atoms with Crippen molar-refractivity contribution in [2.45, 2.75) is 29.2 Å². The molecule has 8 heteroatoms. The van der Waals surface area contributed by atoms with Gasteiger partial charge in [0.05, 0.1) is 10.0 Å². The Hall–Kier alpha value is 0.480. The highest BCUT2D eigenvalue weighted by atomic mass is 79.9. The number of sulfonamides is 1. The summed E-state index contributed by atoms with van der Waals surface area (Å²) in [7, 11) is -3.72. The molecule has 0 aromatic heterocycles. The van der Waals surface area contributed by atoms with Gasteiger partial charge in [0.15, 0.2) is 0 Å². The first kappa shape index (κ1) is 14.9. The van der Waals surface area contributed by atoms with E-state index in [1.165, 1.54) is 12.1 Å². The zero-order valence-corrected chi connectivity index (χ0v) is 13.6. The third kappa shape index (κ3) is 3.14. The Morgan fingerprint density at radius 3 is 2.17 bits per heavy atom. The standard InChI is InChI=1S/C10H9BrCl3NO2S/c11-5-1-8(13)10(9(14)2-5)18(16,17)15-7-3-6(12)4-7/h1-2,6-7,15H,3-4H2. The molecule has 1 N–H and O–H groups in total. The van der Waals surface area contributed by atoms with E-state index in [2.05, 4.69) is 20.7 Å². The first-order valence-electron chi connectivity index (χ1n) is 5.10. The van der Waals surface area contributed by atoms with Gasteiger partial charge in [-0.05, 0) is 25.0 Å². The molecule has 2 rings (SSSR count). The molecule has 1 saturated carbocycles. The van der Waals surface area contributed by atoms with Crippen molar-refractivity contribution in [1.82, 2.24) is 4.72 Å². The third-order valence-electron chi connectivity index (χ3n) is 2.63. The number of halogens is 4. The Kier molecular flexibility index (Phi) is 4.52. The molecule has 0 aliphatic heterocycles. The molecule has 100 valence electrons. The number of benzene rings is 1. The van der Waals surface area contributed by atoms with E-state index in [4.69, 9.17) is 34.8 Å². The summed E-state index contributed by atoms with van der Waals surface area (Å²) in [6.07, 6.45) is 1.24. The molecule has 3 nitrogen and oxygen atoms in total. The molecule has 1 fully saturated rings. The largest absolute Gasteiger partial charge is 0.243 e. The molecule has 1 aliphatic carbocycles. The molecule has 0 atom stereocenters. The fourth-order valence-corrected chi connectivity index (χ4v) is 5.34. The number of hydrogen-bond donors (Lipinski definition) is 1. The molecule has 1 aromatic rings. The molecule has 0 radical (unpaired) electrons. The van der Waals surface area contributed by atoms with E-state index < -0.39 is 10.0 Å². The van der Waals surface area contributed by atoms with E-state index in [0.29, 0.717) is 17.3 Å². The Bertz CT molecular complexity index is 549. The van der Waals surface area contributed by atoms with Gasteiger partial charge in [-0.25, -0.2) is 13.1 Å². The van der Waals surface area contributed by atoms with E-state index in [9.17, 15) is 8.42 Å². The molecule has 1 aromatic carbocycles. The van der Waals surface area contributed by atoms with Crippen LogP contribution in [0.3, 0.4) is 0 Å². The van der Waals surface area contributed by atoms with Crippen molar-refractivity contribution in [3.8, 4) is 0 Å². The Balaban J connectivity index is 2.30. The van der Waals surface area contributed by atoms with Crippen molar-refractivity contribution in [3.05, 3.63) is 26.7 Å². The van der Waals surface area contributed by atoms with Crippen LogP contribution in [0.25, 0.3) is 0 Å². The predicted molar refractivity (Wildman–Crippen MR) is 77.1 cm³/mol. The number of nitrogens with one attached hydrogen (secondary N) is 1. The summed E-state index contributed by atoms with van der Waals surface area (Å²) in [5.74, 6) is 0. The molecule has 18 heavy (non-hydrogen) atoms. The van der Waals surface area contributed by atoms with E-state index >= 15 is 0 Å². The van der Waals surface area contributed by atoms with E-state index in [1.54, 1.807) is 0 Å². The van der Waals surface area contributed by atoms with Crippen molar-refractivity contribution in [2.75, 3.05) is 0 Å². The van der Waals surface area contributed by atoms with Crippen LogP contribution in [0.1, 0.15) is 12.8 Å². The van der Waals surface area contributed by atoms with Crippen molar-refractivity contribution in [3.63, 3.8) is 0 Å². The lowest BCUT2D eigenvalue weighted by Crippen LogP contribution is -2.44. The van der Waals surface area contributed by atoms with Gasteiger partial charge in [0, 0.05) is 15.9 Å². The molecule has 0 heterocycles. The minimum atomic E-state index is -3.72. The second-order valence-corrected chi connectivity index (χ2v) is 8.08. The lowest BCUT2D eigenvalue weighted by molar-refractivity contribution is 0.391. The van der Waals surface area contributed by atoms with Crippen molar-refractivity contribution >= 4 is 60.8 Å². The van der Waals surface area contributed by atoms with Gasteiger partial charge < -0.3 is 0 Å². The van der Waals surface area contributed by atoms with Crippen LogP contribution >= 0.6 is 50.7 Å². The molecule has 0 saturated heterocycles. The van der Waals surface area contributed by atoms with Gasteiger partial charge in [0.25, 0.3) is 0 Å². The van der Waals surface area contributed by atoms with Gasteiger partial charge in [0.2, 0.25) is 10.0 Å². The fourth-order valence-electron chi connectivity index (χ4n) is 1.71. The Morgan fingerprint density at radius 2 is 1.72 bits per heavy atom. The summed E-state index contributed by atoms with van der Waals surface area (Å²) in [5, 5.41) is 0.209. The van der Waals surface area contributed by atoms with Crippen LogP contribution in [-0.2, 0) is 10.0 Å². The second-order valence-electron chi connectivity index (χ2n) is 4.09. The van der Waals surface area contributed by atoms with Gasteiger partial charge in [-0.2, -0.15) is 0 Å². The van der Waals surface area contributed by atoms with Gasteiger partial charge in [-0.3, -0.25) is 0 Å². The SMILES string of the molecule is O=S(=O)(NC1CC(Cl)C1)c1c(Cl)cc(Br)cc1Cl. The van der Waals surface area contributed by atoms with E-state index in [-0.39, 0.29) is 26.4 Å². The normalized spacial score (nSPS) is 23.8. The van der Waals surface area contributed by atoms with Crippen LogP contribution in [0.15, 0.2) is 21.5 Å². The topological polar surface area (TPSA) is 46.2 Å². The maximum absolute atomic E-state index is 12.2. The van der Waals surface area contributed by atoms with Gasteiger partial charge in [-0.15, -0.1) is 11.6 Å². The summed E-state index contributed by atoms with van der Waals surface area (Å²) in [6.45, 7) is 0. The molecule has 1 aliphatic rings. The minimum absolute atomic E-state index is 0.0357. The van der Waals surface area contributed by atoms with Gasteiger partial charge in [0.1, 0.15) is 4.90 Å². The maximum Gasteiger partial charge on any atom is 0.243 e. The number of alkyl halides is 1. The summed E-state index contributed by atoms with van der Waals surface area (Å²) in [4.78, 5) is -0.0907. The number of rotatable bonds is 3. The smallest absolute Gasteiger partial charge is 0.208 e. The maximum atomic E-state index is 12.2. The van der Waals surface area contributed by atoms with Gasteiger partial charge >= 0.3 is 0 Å². The molecule has 0 bridgehead atoms. The minimum Gasteiger partial charge on any atom is -0.208 e. The van der Waals surface area contributed by atoms with Crippen LogP contribution in [0, 0.1) is 0 Å². The van der Waals surface area contributed by atoms with Crippen LogP contribution in [0.2, 0.25) is 10.0 Å². The first-order valence-corrected chi connectivity index (χ1v) is 8.57. The zero-order valence-electron chi connectivity index (χ0n) is 8.96. The fraction of sp³-hybridized carbons (Fsp3) is 0.400. The highest BCUT2D eigenvalue weighted by Crippen LogP contribution is 2.34. The van der Waals surface area contributed by atoms with Crippen molar-refractivity contribution in [2.24, 2.45) is 0 Å². The van der Waals surface area contributed by atoms with Crippen molar-refractivity contribution in [1.29, 1.82) is 0 Å². The zero-order chi connectivity index (χ0) is 13.5. The Labute approximate surface area is 129 Å². The molecule has 0 amide bonds. The van der Waals surface area contributed by atoms with Crippen LogP contribution in [-0.4, -0.2) is 19.8 Å². The predicted octanol–water partition coefficient (Wildman–Crippen LogP) is 3.80. The highest BCUT2D eigenvalue weighted by Gasteiger charge is 2.33. The van der Waals surface area contributed by atoms with Crippen LogP contribution in [0.4, 0.5) is 0 Å². The number of hydrogen-bond acceptors (Lipinski definition) is 2. The van der Waals surface area contributed by atoms with Crippen molar-refractivity contribution < 1.29 is 8.42 Å².